The average molecular weight is 425 g/mol. The Hall–Kier alpha value is -2.39. The van der Waals surface area contributed by atoms with E-state index >= 15 is 0 Å². The summed E-state index contributed by atoms with van der Waals surface area (Å²) in [7, 11) is 1.49. The Morgan fingerprint density at radius 1 is 1.35 bits per heavy atom. The van der Waals surface area contributed by atoms with Gasteiger partial charge in [0.15, 0.2) is 5.69 Å². The lowest BCUT2D eigenvalue weighted by atomic mass is 10.2. The van der Waals surface area contributed by atoms with Crippen molar-refractivity contribution >= 4 is 33.3 Å². The summed E-state index contributed by atoms with van der Waals surface area (Å²) in [6.07, 6.45) is 0.645. The Labute approximate surface area is 158 Å². The summed E-state index contributed by atoms with van der Waals surface area (Å²) in [4.78, 5) is 41.0. The van der Waals surface area contributed by atoms with Crippen LogP contribution in [-0.4, -0.2) is 35.7 Å². The number of aromatic nitrogens is 2. The third-order valence-electron chi connectivity index (χ3n) is 3.80. The van der Waals surface area contributed by atoms with E-state index < -0.39 is 17.2 Å². The molecule has 0 atom stereocenters. The highest BCUT2D eigenvalue weighted by Crippen LogP contribution is 2.23. The van der Waals surface area contributed by atoms with E-state index in [1.54, 1.807) is 24.3 Å². The van der Waals surface area contributed by atoms with Crippen molar-refractivity contribution in [1.29, 1.82) is 0 Å². The minimum Gasteiger partial charge on any atom is -0.383 e. The standard InChI is InChI=1S/C17H21BrN4O4/c1-3-8-22-14(19)13(15(23)20-17(22)25)21(9-10-26-2)16(24)11-6-4-5-7-12(11)18/h4-7H,3,8-10,19H2,1-2H3,(H,20,23,25). The van der Waals surface area contributed by atoms with Crippen molar-refractivity contribution in [2.45, 2.75) is 19.9 Å². The van der Waals surface area contributed by atoms with Crippen LogP contribution >= 0.6 is 15.9 Å². The molecule has 0 fully saturated rings. The van der Waals surface area contributed by atoms with Gasteiger partial charge in [-0.3, -0.25) is 24.0 Å². The molecule has 0 bridgehead atoms. The molecule has 0 spiro atoms. The summed E-state index contributed by atoms with van der Waals surface area (Å²) in [6.45, 7) is 2.51. The number of rotatable bonds is 7. The highest BCUT2D eigenvalue weighted by atomic mass is 79.9. The smallest absolute Gasteiger partial charge is 0.330 e. The van der Waals surface area contributed by atoms with Crippen LogP contribution < -0.4 is 21.9 Å². The third kappa shape index (κ3) is 4.05. The highest BCUT2D eigenvalue weighted by Gasteiger charge is 2.26. The summed E-state index contributed by atoms with van der Waals surface area (Å²) in [5, 5.41) is 0. The summed E-state index contributed by atoms with van der Waals surface area (Å²) >= 11 is 3.34. The number of nitrogens with zero attached hydrogens (tertiary/aromatic N) is 2. The maximum absolute atomic E-state index is 13.1. The van der Waals surface area contributed by atoms with Crippen LogP contribution in [0.25, 0.3) is 0 Å². The molecule has 0 radical (unpaired) electrons. The van der Waals surface area contributed by atoms with E-state index in [-0.39, 0.29) is 24.7 Å². The number of ether oxygens (including phenoxy) is 1. The SMILES string of the molecule is CCCn1c(N)c(N(CCOC)C(=O)c2ccccc2Br)c(=O)[nH]c1=O. The van der Waals surface area contributed by atoms with Crippen molar-refractivity contribution in [3.8, 4) is 0 Å². The lowest BCUT2D eigenvalue weighted by Crippen LogP contribution is -2.42. The second-order valence-electron chi connectivity index (χ2n) is 5.57. The number of amides is 1. The predicted molar refractivity (Wildman–Crippen MR) is 104 cm³/mol. The minimum absolute atomic E-state index is 0.0443. The molecule has 26 heavy (non-hydrogen) atoms. The molecule has 0 saturated heterocycles. The minimum atomic E-state index is -0.712. The number of carbonyl (C=O) groups excluding carboxylic acids is 1. The van der Waals surface area contributed by atoms with Crippen LogP contribution in [0, 0.1) is 0 Å². The van der Waals surface area contributed by atoms with Gasteiger partial charge in [0.1, 0.15) is 5.82 Å². The van der Waals surface area contributed by atoms with Crippen LogP contribution in [-0.2, 0) is 11.3 Å². The van der Waals surface area contributed by atoms with E-state index in [4.69, 9.17) is 10.5 Å². The monoisotopic (exact) mass is 424 g/mol. The molecule has 9 heteroatoms. The number of carbonyl (C=O) groups is 1. The molecule has 1 heterocycles. The first-order valence-electron chi connectivity index (χ1n) is 8.10. The second kappa shape index (κ2) is 8.81. The van der Waals surface area contributed by atoms with Gasteiger partial charge in [-0.2, -0.15) is 0 Å². The number of nitrogens with two attached hydrogens (primary N) is 1. The molecule has 140 valence electrons. The molecular weight excluding hydrogens is 404 g/mol. The number of H-pyrrole nitrogens is 1. The summed E-state index contributed by atoms with van der Waals surface area (Å²) in [6, 6.07) is 6.87. The quantitative estimate of drug-likeness (QED) is 0.700. The van der Waals surface area contributed by atoms with Gasteiger partial charge in [0.2, 0.25) is 0 Å². The van der Waals surface area contributed by atoms with Crippen LogP contribution in [0.5, 0.6) is 0 Å². The number of halogens is 1. The molecule has 2 rings (SSSR count). The molecule has 1 aromatic carbocycles. The van der Waals surface area contributed by atoms with Crippen molar-refractivity contribution < 1.29 is 9.53 Å². The van der Waals surface area contributed by atoms with Gasteiger partial charge in [0.05, 0.1) is 12.2 Å². The first-order chi connectivity index (χ1) is 12.4. The van der Waals surface area contributed by atoms with E-state index in [1.165, 1.54) is 16.6 Å². The van der Waals surface area contributed by atoms with Gasteiger partial charge >= 0.3 is 5.69 Å². The van der Waals surface area contributed by atoms with Crippen molar-refractivity contribution in [2.24, 2.45) is 0 Å². The van der Waals surface area contributed by atoms with Crippen LogP contribution in [0.3, 0.4) is 0 Å². The fourth-order valence-corrected chi connectivity index (χ4v) is 3.02. The first kappa shape index (κ1) is 19.9. The van der Waals surface area contributed by atoms with Crippen LogP contribution in [0.4, 0.5) is 11.5 Å². The number of methoxy groups -OCH3 is 1. The number of benzene rings is 1. The van der Waals surface area contributed by atoms with Crippen molar-refractivity contribution in [3.63, 3.8) is 0 Å². The molecule has 3 N–H and O–H groups in total. The van der Waals surface area contributed by atoms with E-state index in [0.717, 1.165) is 0 Å². The van der Waals surface area contributed by atoms with Gasteiger partial charge in [-0.25, -0.2) is 4.79 Å². The highest BCUT2D eigenvalue weighted by molar-refractivity contribution is 9.10. The molecule has 0 unspecified atom stereocenters. The Balaban J connectivity index is 2.63. The van der Waals surface area contributed by atoms with Crippen LogP contribution in [0.2, 0.25) is 0 Å². The molecule has 1 amide bonds. The molecule has 0 saturated carbocycles. The first-order valence-corrected chi connectivity index (χ1v) is 8.89. The summed E-state index contributed by atoms with van der Waals surface area (Å²) < 4.78 is 6.91. The molecule has 0 aliphatic heterocycles. The zero-order valence-electron chi connectivity index (χ0n) is 14.6. The van der Waals surface area contributed by atoms with Gasteiger partial charge in [0, 0.05) is 24.7 Å². The summed E-state index contributed by atoms with van der Waals surface area (Å²) in [5.41, 5.74) is 5.10. The third-order valence-corrected chi connectivity index (χ3v) is 4.49. The van der Waals surface area contributed by atoms with Crippen LogP contribution in [0.1, 0.15) is 23.7 Å². The van der Waals surface area contributed by atoms with E-state index in [0.29, 0.717) is 23.0 Å². The number of nitrogen functional groups attached to an aromatic ring is 1. The summed E-state index contributed by atoms with van der Waals surface area (Å²) in [5.74, 6) is -0.467. The molecule has 2 aromatic rings. The maximum Gasteiger partial charge on any atom is 0.330 e. The normalized spacial score (nSPS) is 10.7. The van der Waals surface area contributed by atoms with E-state index in [1.807, 2.05) is 6.92 Å². The molecule has 8 nitrogen and oxygen atoms in total. The molecule has 0 aliphatic rings. The molecule has 1 aromatic heterocycles. The van der Waals surface area contributed by atoms with Gasteiger partial charge in [-0.05, 0) is 34.5 Å². The Morgan fingerprint density at radius 3 is 2.65 bits per heavy atom. The number of hydrogen-bond donors (Lipinski definition) is 2. The lowest BCUT2D eigenvalue weighted by Gasteiger charge is -2.24. The van der Waals surface area contributed by atoms with E-state index in [9.17, 15) is 14.4 Å². The maximum atomic E-state index is 13.1. The van der Waals surface area contributed by atoms with Crippen molar-refractivity contribution in [2.75, 3.05) is 30.9 Å². The number of aromatic amines is 1. The van der Waals surface area contributed by atoms with Crippen LogP contribution in [0.15, 0.2) is 38.3 Å². The fraction of sp³-hybridized carbons (Fsp3) is 0.353. The Morgan fingerprint density at radius 2 is 2.04 bits per heavy atom. The van der Waals surface area contributed by atoms with Gasteiger partial charge in [-0.15, -0.1) is 0 Å². The Kier molecular flexibility index (Phi) is 6.76. The van der Waals surface area contributed by atoms with Gasteiger partial charge in [-0.1, -0.05) is 19.1 Å². The predicted octanol–water partition coefficient (Wildman–Crippen LogP) is 1.58. The zero-order valence-corrected chi connectivity index (χ0v) is 16.2. The van der Waals surface area contributed by atoms with Gasteiger partial charge < -0.3 is 10.5 Å². The van der Waals surface area contributed by atoms with Gasteiger partial charge in [0.25, 0.3) is 11.5 Å². The second-order valence-corrected chi connectivity index (χ2v) is 6.43. The average Bonchev–Trinajstić information content (AvgIpc) is 2.61. The Bertz CT molecular complexity index is 906. The number of anilines is 2. The molecular formula is C17H21BrN4O4. The fourth-order valence-electron chi connectivity index (χ4n) is 2.56. The van der Waals surface area contributed by atoms with Crippen molar-refractivity contribution in [1.82, 2.24) is 9.55 Å². The zero-order chi connectivity index (χ0) is 19.3. The topological polar surface area (TPSA) is 110 Å². The van der Waals surface area contributed by atoms with Crippen molar-refractivity contribution in [3.05, 3.63) is 55.1 Å². The number of nitrogens with one attached hydrogen (secondary N) is 1. The lowest BCUT2D eigenvalue weighted by molar-refractivity contribution is 0.0975. The number of hydrogen-bond acceptors (Lipinski definition) is 5. The van der Waals surface area contributed by atoms with E-state index in [2.05, 4.69) is 20.9 Å². The molecule has 0 aliphatic carbocycles. The largest absolute Gasteiger partial charge is 0.383 e.